The highest BCUT2D eigenvalue weighted by atomic mass is 35.5. The number of rotatable bonds is 6. The summed E-state index contributed by atoms with van der Waals surface area (Å²) in [5.74, 6) is -0.165. The van der Waals surface area contributed by atoms with E-state index >= 15 is 0 Å². The Morgan fingerprint density at radius 1 is 1.15 bits per heavy atom. The molecule has 6 nitrogen and oxygen atoms in total. The Bertz CT molecular complexity index is 764. The maximum absolute atomic E-state index is 12.5. The normalized spacial score (nSPS) is 13.1. The number of halogens is 1. The molecule has 7 heteroatoms. The van der Waals surface area contributed by atoms with Crippen molar-refractivity contribution in [1.29, 1.82) is 0 Å². The molecule has 1 saturated heterocycles. The van der Waals surface area contributed by atoms with Crippen LogP contribution in [0.15, 0.2) is 48.5 Å². The number of hydrogen-bond donors (Lipinski definition) is 3. The number of carbonyl (C=O) groups is 2. The predicted molar refractivity (Wildman–Crippen MR) is 106 cm³/mol. The summed E-state index contributed by atoms with van der Waals surface area (Å²) in [5, 5.41) is 8.99. The average Bonchev–Trinajstić information content (AvgIpc) is 3.07. The van der Waals surface area contributed by atoms with Crippen molar-refractivity contribution < 1.29 is 9.59 Å². The Kier molecular flexibility index (Phi) is 7.00. The number of nitrogens with zero attached hydrogens (tertiary/aromatic N) is 1. The second-order valence-corrected chi connectivity index (χ2v) is 5.82. The van der Waals surface area contributed by atoms with Crippen LogP contribution < -0.4 is 20.9 Å². The molecule has 3 N–H and O–H groups in total. The fraction of sp³-hybridized carbons (Fsp3) is 0.263. The van der Waals surface area contributed by atoms with Crippen LogP contribution in [0.5, 0.6) is 0 Å². The van der Waals surface area contributed by atoms with Crippen LogP contribution in [0, 0.1) is 0 Å². The van der Waals surface area contributed by atoms with Crippen LogP contribution in [0.4, 0.5) is 16.2 Å². The van der Waals surface area contributed by atoms with Crippen LogP contribution in [-0.2, 0) is 6.54 Å². The quantitative estimate of drug-likeness (QED) is 0.727. The molecule has 3 rings (SSSR count). The van der Waals surface area contributed by atoms with Crippen LogP contribution in [0.1, 0.15) is 22.8 Å². The third-order valence-corrected chi connectivity index (χ3v) is 4.13. The Balaban J connectivity index is 0.00000243. The van der Waals surface area contributed by atoms with Gasteiger partial charge >= 0.3 is 6.03 Å². The van der Waals surface area contributed by atoms with Crippen molar-refractivity contribution in [3.8, 4) is 0 Å². The van der Waals surface area contributed by atoms with Crippen molar-refractivity contribution in [3.05, 3.63) is 59.7 Å². The summed E-state index contributed by atoms with van der Waals surface area (Å²) in [6.07, 6.45) is 0. The molecular weight excluding hydrogens is 352 g/mol. The fourth-order valence-electron chi connectivity index (χ4n) is 2.76. The minimum atomic E-state index is -0.165. The molecule has 0 spiro atoms. The zero-order valence-electron chi connectivity index (χ0n) is 14.6. The van der Waals surface area contributed by atoms with E-state index in [9.17, 15) is 9.59 Å². The molecular formula is C19H23ClN4O2. The molecule has 2 aromatic rings. The summed E-state index contributed by atoms with van der Waals surface area (Å²) < 4.78 is 0. The van der Waals surface area contributed by atoms with Crippen molar-refractivity contribution in [3.63, 3.8) is 0 Å². The van der Waals surface area contributed by atoms with Crippen LogP contribution in [0.3, 0.4) is 0 Å². The highest BCUT2D eigenvalue weighted by molar-refractivity contribution is 6.05. The third kappa shape index (κ3) is 4.53. The van der Waals surface area contributed by atoms with Crippen molar-refractivity contribution in [1.82, 2.24) is 10.6 Å². The molecule has 0 unspecified atom stereocenters. The molecule has 0 aromatic heterocycles. The van der Waals surface area contributed by atoms with Crippen LogP contribution in [0.2, 0.25) is 0 Å². The minimum Gasteiger partial charge on any atom is -0.336 e. The average molecular weight is 375 g/mol. The molecule has 0 saturated carbocycles. The molecule has 0 aliphatic carbocycles. The second kappa shape index (κ2) is 9.22. The third-order valence-electron chi connectivity index (χ3n) is 4.13. The molecule has 2 aromatic carbocycles. The van der Waals surface area contributed by atoms with E-state index in [4.69, 9.17) is 0 Å². The highest BCUT2D eigenvalue weighted by Crippen LogP contribution is 2.19. The van der Waals surface area contributed by atoms with Crippen molar-refractivity contribution in [2.75, 3.05) is 29.9 Å². The number of anilines is 2. The van der Waals surface area contributed by atoms with Crippen molar-refractivity contribution in [2.24, 2.45) is 0 Å². The smallest absolute Gasteiger partial charge is 0.321 e. The predicted octanol–water partition coefficient (Wildman–Crippen LogP) is 3.00. The first-order valence-electron chi connectivity index (χ1n) is 8.44. The summed E-state index contributed by atoms with van der Waals surface area (Å²) in [7, 11) is 0. The Morgan fingerprint density at radius 2 is 1.88 bits per heavy atom. The van der Waals surface area contributed by atoms with E-state index in [0.29, 0.717) is 25.2 Å². The summed E-state index contributed by atoms with van der Waals surface area (Å²) in [5.41, 5.74) is 3.19. The Labute approximate surface area is 159 Å². The largest absolute Gasteiger partial charge is 0.336 e. The minimum absolute atomic E-state index is 0. The van der Waals surface area contributed by atoms with Gasteiger partial charge in [-0.2, -0.15) is 0 Å². The van der Waals surface area contributed by atoms with Gasteiger partial charge in [0.2, 0.25) is 0 Å². The number of carbonyl (C=O) groups excluding carboxylic acids is 2. The Hall–Kier alpha value is -2.57. The first kappa shape index (κ1) is 19.8. The molecule has 138 valence electrons. The van der Waals surface area contributed by atoms with Gasteiger partial charge in [0.25, 0.3) is 5.91 Å². The molecule has 0 atom stereocenters. The van der Waals surface area contributed by atoms with Gasteiger partial charge in [-0.25, -0.2) is 4.79 Å². The van der Waals surface area contributed by atoms with E-state index in [-0.39, 0.29) is 24.3 Å². The standard InChI is InChI=1S/C19H22N4O2.ClH/c1-2-20-13-15-5-3-4-6-17(15)22-18(24)14-7-9-16(10-8-14)23-12-11-21-19(23)25;/h3-10,20H,2,11-13H2,1H3,(H,21,25)(H,22,24);1H. The van der Waals surface area contributed by atoms with Gasteiger partial charge in [0.05, 0.1) is 0 Å². The maximum Gasteiger partial charge on any atom is 0.321 e. The van der Waals surface area contributed by atoms with E-state index in [0.717, 1.165) is 23.5 Å². The zero-order valence-corrected chi connectivity index (χ0v) is 15.4. The van der Waals surface area contributed by atoms with Crippen molar-refractivity contribution >= 4 is 35.7 Å². The van der Waals surface area contributed by atoms with Crippen LogP contribution in [-0.4, -0.2) is 31.6 Å². The van der Waals surface area contributed by atoms with Gasteiger partial charge in [0, 0.05) is 36.6 Å². The van der Waals surface area contributed by atoms with Gasteiger partial charge in [-0.3, -0.25) is 9.69 Å². The molecule has 0 radical (unpaired) electrons. The summed E-state index contributed by atoms with van der Waals surface area (Å²) in [6.45, 7) is 4.90. The van der Waals surface area contributed by atoms with Gasteiger partial charge < -0.3 is 16.0 Å². The molecule has 1 heterocycles. The molecule has 3 amide bonds. The summed E-state index contributed by atoms with van der Waals surface area (Å²) in [4.78, 5) is 25.9. The van der Waals surface area contributed by atoms with Gasteiger partial charge in [-0.15, -0.1) is 12.4 Å². The van der Waals surface area contributed by atoms with E-state index in [1.165, 1.54) is 0 Å². The van der Waals surface area contributed by atoms with E-state index in [1.54, 1.807) is 29.2 Å². The first-order chi connectivity index (χ1) is 12.2. The summed E-state index contributed by atoms with van der Waals surface area (Å²) >= 11 is 0. The number of hydrogen-bond acceptors (Lipinski definition) is 3. The maximum atomic E-state index is 12.5. The van der Waals surface area contributed by atoms with Crippen LogP contribution >= 0.6 is 12.4 Å². The SMILES string of the molecule is CCNCc1ccccc1NC(=O)c1ccc(N2CCNC2=O)cc1.Cl. The van der Waals surface area contributed by atoms with Crippen LogP contribution in [0.25, 0.3) is 0 Å². The molecule has 0 bridgehead atoms. The highest BCUT2D eigenvalue weighted by Gasteiger charge is 2.21. The molecule has 1 aliphatic heterocycles. The number of amides is 3. The lowest BCUT2D eigenvalue weighted by molar-refractivity contribution is 0.102. The second-order valence-electron chi connectivity index (χ2n) is 5.82. The molecule has 1 fully saturated rings. The lowest BCUT2D eigenvalue weighted by atomic mass is 10.1. The van der Waals surface area contributed by atoms with Gasteiger partial charge in [0.1, 0.15) is 0 Å². The van der Waals surface area contributed by atoms with Crippen molar-refractivity contribution in [2.45, 2.75) is 13.5 Å². The number of urea groups is 1. The first-order valence-corrected chi connectivity index (χ1v) is 8.44. The molecule has 1 aliphatic rings. The number of para-hydroxylation sites is 1. The van der Waals surface area contributed by atoms with E-state index in [1.807, 2.05) is 31.2 Å². The topological polar surface area (TPSA) is 73.5 Å². The van der Waals surface area contributed by atoms with E-state index < -0.39 is 0 Å². The lowest BCUT2D eigenvalue weighted by Crippen LogP contribution is -2.27. The fourth-order valence-corrected chi connectivity index (χ4v) is 2.76. The van der Waals surface area contributed by atoms with E-state index in [2.05, 4.69) is 16.0 Å². The lowest BCUT2D eigenvalue weighted by Gasteiger charge is -2.15. The molecule has 26 heavy (non-hydrogen) atoms. The number of nitrogens with one attached hydrogen (secondary N) is 3. The summed E-state index contributed by atoms with van der Waals surface area (Å²) in [6, 6.07) is 14.7. The van der Waals surface area contributed by atoms with Gasteiger partial charge in [-0.05, 0) is 42.4 Å². The zero-order chi connectivity index (χ0) is 17.6. The van der Waals surface area contributed by atoms with Gasteiger partial charge in [0.15, 0.2) is 0 Å². The monoisotopic (exact) mass is 374 g/mol. The van der Waals surface area contributed by atoms with Gasteiger partial charge in [-0.1, -0.05) is 25.1 Å². The number of benzene rings is 2. The Morgan fingerprint density at radius 3 is 2.54 bits per heavy atom.